The van der Waals surface area contributed by atoms with Crippen LogP contribution in [0.15, 0.2) is 18.2 Å². The maximum atomic E-state index is 5.99. The molecule has 112 valence electrons. The van der Waals surface area contributed by atoms with Crippen LogP contribution in [0.5, 0.6) is 5.75 Å². The third kappa shape index (κ3) is 3.57. The third-order valence-electron chi connectivity index (χ3n) is 4.18. The molecule has 1 aromatic rings. The first-order valence-electron chi connectivity index (χ1n) is 7.62. The summed E-state index contributed by atoms with van der Waals surface area (Å²) >= 11 is 0. The summed E-state index contributed by atoms with van der Waals surface area (Å²) in [5, 5.41) is 0. The highest BCUT2D eigenvalue weighted by Gasteiger charge is 2.22. The first-order valence-corrected chi connectivity index (χ1v) is 7.62. The number of ether oxygens (including phenoxy) is 1. The van der Waals surface area contributed by atoms with Crippen molar-refractivity contribution in [2.24, 2.45) is 0 Å². The van der Waals surface area contributed by atoms with Crippen LogP contribution in [0.1, 0.15) is 26.7 Å². The highest BCUT2D eigenvalue weighted by atomic mass is 16.5. The van der Waals surface area contributed by atoms with Gasteiger partial charge in [0.25, 0.3) is 0 Å². The molecule has 0 saturated carbocycles. The van der Waals surface area contributed by atoms with Crippen molar-refractivity contribution >= 4 is 11.4 Å². The largest absolute Gasteiger partial charge is 0.494 e. The highest BCUT2D eigenvalue weighted by Crippen LogP contribution is 2.28. The van der Waals surface area contributed by atoms with Gasteiger partial charge in [0.1, 0.15) is 5.75 Å². The summed E-state index contributed by atoms with van der Waals surface area (Å²) in [7, 11) is 2.16. The molecule has 1 aromatic carbocycles. The van der Waals surface area contributed by atoms with E-state index in [1.807, 2.05) is 19.1 Å². The molecule has 1 aliphatic rings. The summed E-state index contributed by atoms with van der Waals surface area (Å²) in [4.78, 5) is 4.86. The predicted molar refractivity (Wildman–Crippen MR) is 85.6 cm³/mol. The molecule has 0 aliphatic carbocycles. The van der Waals surface area contributed by atoms with Gasteiger partial charge < -0.3 is 20.3 Å². The first-order chi connectivity index (χ1) is 9.63. The van der Waals surface area contributed by atoms with Gasteiger partial charge in [0, 0.05) is 49.7 Å². The number of benzene rings is 1. The molecule has 2 rings (SSSR count). The molecule has 1 aliphatic heterocycles. The summed E-state index contributed by atoms with van der Waals surface area (Å²) in [6, 6.07) is 6.61. The van der Waals surface area contributed by atoms with Gasteiger partial charge in [-0.1, -0.05) is 6.92 Å². The Labute approximate surface area is 122 Å². The highest BCUT2D eigenvalue weighted by molar-refractivity contribution is 5.60. The van der Waals surface area contributed by atoms with E-state index in [-0.39, 0.29) is 0 Å². The monoisotopic (exact) mass is 277 g/mol. The van der Waals surface area contributed by atoms with Crippen molar-refractivity contribution < 1.29 is 4.74 Å². The number of likely N-dealkylation sites (tertiary alicyclic amines) is 1. The topological polar surface area (TPSA) is 41.7 Å². The molecule has 0 aromatic heterocycles. The molecule has 4 heteroatoms. The van der Waals surface area contributed by atoms with E-state index in [2.05, 4.69) is 29.8 Å². The van der Waals surface area contributed by atoms with Gasteiger partial charge in [-0.05, 0) is 32.4 Å². The van der Waals surface area contributed by atoms with E-state index in [4.69, 9.17) is 10.5 Å². The number of nitrogens with two attached hydrogens (primary N) is 1. The Balaban J connectivity index is 2.07. The molecule has 0 amide bonds. The molecule has 20 heavy (non-hydrogen) atoms. The van der Waals surface area contributed by atoms with Crippen molar-refractivity contribution in [3.05, 3.63) is 18.2 Å². The lowest BCUT2D eigenvalue weighted by Gasteiger charge is -2.37. The normalized spacial score (nSPS) is 17.1. The number of nitrogen functional groups attached to an aromatic ring is 1. The molecular formula is C16H27N3O. The third-order valence-corrected chi connectivity index (χ3v) is 4.18. The lowest BCUT2D eigenvalue weighted by Crippen LogP contribution is -2.43. The summed E-state index contributed by atoms with van der Waals surface area (Å²) < 4.78 is 5.58. The van der Waals surface area contributed by atoms with Gasteiger partial charge in [0.05, 0.1) is 6.61 Å². The van der Waals surface area contributed by atoms with Crippen molar-refractivity contribution in [3.63, 3.8) is 0 Å². The van der Waals surface area contributed by atoms with Crippen LogP contribution in [-0.2, 0) is 0 Å². The Morgan fingerprint density at radius 1 is 1.25 bits per heavy atom. The van der Waals surface area contributed by atoms with Crippen LogP contribution >= 0.6 is 0 Å². The van der Waals surface area contributed by atoms with Crippen LogP contribution in [0.3, 0.4) is 0 Å². The van der Waals surface area contributed by atoms with Crippen LogP contribution in [0.4, 0.5) is 11.4 Å². The number of hydrogen-bond donors (Lipinski definition) is 1. The number of nitrogens with zero attached hydrogens (tertiary/aromatic N) is 2. The number of hydrogen-bond acceptors (Lipinski definition) is 4. The minimum absolute atomic E-state index is 0.592. The summed E-state index contributed by atoms with van der Waals surface area (Å²) in [5.74, 6) is 0.861. The SMILES string of the molecule is CCOc1cc(N)cc(N(C)C2CCN(CC)CC2)c1. The fourth-order valence-electron chi connectivity index (χ4n) is 2.89. The van der Waals surface area contributed by atoms with E-state index in [1.54, 1.807) is 0 Å². The Morgan fingerprint density at radius 3 is 2.55 bits per heavy atom. The van der Waals surface area contributed by atoms with E-state index >= 15 is 0 Å². The second-order valence-corrected chi connectivity index (χ2v) is 5.47. The zero-order valence-corrected chi connectivity index (χ0v) is 12.9. The van der Waals surface area contributed by atoms with Gasteiger partial charge in [-0.25, -0.2) is 0 Å². The van der Waals surface area contributed by atoms with E-state index in [1.165, 1.54) is 25.9 Å². The Kier molecular flexibility index (Phi) is 5.12. The van der Waals surface area contributed by atoms with E-state index in [9.17, 15) is 0 Å². The standard InChI is InChI=1S/C16H27N3O/c1-4-19-8-6-14(7-9-19)18(3)15-10-13(17)11-16(12-15)20-5-2/h10-12,14H,4-9,17H2,1-3H3. The summed E-state index contributed by atoms with van der Waals surface area (Å²) in [6.07, 6.45) is 2.42. The second-order valence-electron chi connectivity index (χ2n) is 5.47. The van der Waals surface area contributed by atoms with Gasteiger partial charge >= 0.3 is 0 Å². The molecule has 4 nitrogen and oxygen atoms in total. The first kappa shape index (κ1) is 15.0. The van der Waals surface area contributed by atoms with E-state index < -0.39 is 0 Å². The Hall–Kier alpha value is -1.42. The molecule has 0 atom stereocenters. The molecule has 0 spiro atoms. The zero-order chi connectivity index (χ0) is 14.5. The molecule has 1 fully saturated rings. The van der Waals surface area contributed by atoms with Crippen LogP contribution in [0, 0.1) is 0 Å². The van der Waals surface area contributed by atoms with Gasteiger partial charge in [0.2, 0.25) is 0 Å². The fraction of sp³-hybridized carbons (Fsp3) is 0.625. The fourth-order valence-corrected chi connectivity index (χ4v) is 2.89. The van der Waals surface area contributed by atoms with Crippen molar-refractivity contribution in [2.75, 3.05) is 43.9 Å². The van der Waals surface area contributed by atoms with Gasteiger partial charge in [-0.15, -0.1) is 0 Å². The quantitative estimate of drug-likeness (QED) is 0.840. The number of piperidine rings is 1. The predicted octanol–water partition coefficient (Wildman–Crippen LogP) is 2.59. The van der Waals surface area contributed by atoms with Crippen molar-refractivity contribution in [3.8, 4) is 5.75 Å². The molecular weight excluding hydrogens is 250 g/mol. The smallest absolute Gasteiger partial charge is 0.123 e. The van der Waals surface area contributed by atoms with Gasteiger partial charge in [0.15, 0.2) is 0 Å². The minimum atomic E-state index is 0.592. The Bertz CT molecular complexity index is 428. The number of anilines is 2. The van der Waals surface area contributed by atoms with Crippen LogP contribution in [0.25, 0.3) is 0 Å². The molecule has 2 N–H and O–H groups in total. The molecule has 1 saturated heterocycles. The van der Waals surface area contributed by atoms with Gasteiger partial charge in [-0.3, -0.25) is 0 Å². The lowest BCUT2D eigenvalue weighted by atomic mass is 10.0. The second kappa shape index (κ2) is 6.84. The average molecular weight is 277 g/mol. The lowest BCUT2D eigenvalue weighted by molar-refractivity contribution is 0.221. The maximum Gasteiger partial charge on any atom is 0.123 e. The minimum Gasteiger partial charge on any atom is -0.494 e. The summed E-state index contributed by atoms with van der Waals surface area (Å²) in [6.45, 7) is 8.42. The molecule has 1 heterocycles. The van der Waals surface area contributed by atoms with Crippen molar-refractivity contribution in [1.82, 2.24) is 4.90 Å². The van der Waals surface area contributed by atoms with Crippen LogP contribution < -0.4 is 15.4 Å². The molecule has 0 radical (unpaired) electrons. The van der Waals surface area contributed by atoms with Crippen molar-refractivity contribution in [1.29, 1.82) is 0 Å². The average Bonchev–Trinajstić information content (AvgIpc) is 2.46. The molecule has 0 bridgehead atoms. The van der Waals surface area contributed by atoms with Crippen molar-refractivity contribution in [2.45, 2.75) is 32.7 Å². The van der Waals surface area contributed by atoms with E-state index in [0.717, 1.165) is 23.7 Å². The zero-order valence-electron chi connectivity index (χ0n) is 12.9. The Morgan fingerprint density at radius 2 is 1.95 bits per heavy atom. The summed E-state index contributed by atoms with van der Waals surface area (Å²) in [5.41, 5.74) is 7.91. The number of rotatable bonds is 5. The van der Waals surface area contributed by atoms with E-state index in [0.29, 0.717) is 12.6 Å². The maximum absolute atomic E-state index is 5.99. The van der Waals surface area contributed by atoms with Crippen LogP contribution in [0.2, 0.25) is 0 Å². The van der Waals surface area contributed by atoms with Gasteiger partial charge in [-0.2, -0.15) is 0 Å². The molecule has 0 unspecified atom stereocenters. The van der Waals surface area contributed by atoms with Crippen LogP contribution in [-0.4, -0.2) is 44.2 Å².